The first-order valence-electron chi connectivity index (χ1n) is 2.04. The Labute approximate surface area is 48.2 Å². The Bertz CT molecular complexity index is 64.1. The number of thioether (sulfide) groups is 1. The second-order valence-corrected chi connectivity index (χ2v) is 1.91. The molecule has 0 aromatic heterocycles. The monoisotopic (exact) mass is 118 g/mol. The summed E-state index contributed by atoms with van der Waals surface area (Å²) in [6, 6.07) is 0. The molecule has 0 aliphatic heterocycles. The molecule has 0 saturated heterocycles. The van der Waals surface area contributed by atoms with E-state index in [1.807, 2.05) is 6.26 Å². The number of nitrogens with two attached hydrogens (primary N) is 1. The van der Waals surface area contributed by atoms with Crippen LogP contribution in [0.3, 0.4) is 0 Å². The Kier molecular flexibility index (Phi) is 4.14. The Morgan fingerprint density at radius 3 is 2.43 bits per heavy atom. The number of hydrogen-bond acceptors (Lipinski definition) is 3. The van der Waals surface area contributed by atoms with Crippen LogP contribution >= 0.6 is 11.8 Å². The maximum Gasteiger partial charge on any atom is 0.0806 e. The maximum absolute atomic E-state index is 5.24. The van der Waals surface area contributed by atoms with Gasteiger partial charge < -0.3 is 5.73 Å². The lowest BCUT2D eigenvalue weighted by Crippen LogP contribution is -2.08. The molecule has 0 aromatic carbocycles. The molecule has 0 bridgehead atoms. The van der Waals surface area contributed by atoms with Crippen LogP contribution in [-0.2, 0) is 0 Å². The fourth-order valence-corrected chi connectivity index (χ4v) is 0.615. The largest absolute Gasteiger partial charge is 0.325 e. The van der Waals surface area contributed by atoms with Crippen molar-refractivity contribution in [1.29, 1.82) is 0 Å². The summed E-state index contributed by atoms with van der Waals surface area (Å²) in [6.07, 6.45) is 1.97. The zero-order valence-electron chi connectivity index (χ0n) is 4.64. The van der Waals surface area contributed by atoms with Gasteiger partial charge in [0.1, 0.15) is 0 Å². The van der Waals surface area contributed by atoms with Gasteiger partial charge in [-0.25, -0.2) is 0 Å². The summed E-state index contributed by atoms with van der Waals surface area (Å²) < 4.78 is 0. The van der Waals surface area contributed by atoms with Crippen LogP contribution in [-0.4, -0.2) is 24.9 Å². The van der Waals surface area contributed by atoms with Crippen molar-refractivity contribution >= 4 is 16.8 Å². The summed E-state index contributed by atoms with van der Waals surface area (Å²) in [4.78, 5) is 3.88. The van der Waals surface area contributed by atoms with Crippen molar-refractivity contribution in [1.82, 2.24) is 0 Å². The van der Waals surface area contributed by atoms with Crippen LogP contribution in [0, 0.1) is 0 Å². The minimum atomic E-state index is 0.567. The van der Waals surface area contributed by atoms with E-state index < -0.39 is 0 Å². The van der Waals surface area contributed by atoms with E-state index in [1.165, 1.54) is 0 Å². The van der Waals surface area contributed by atoms with Crippen LogP contribution in [0.25, 0.3) is 0 Å². The molecule has 0 rings (SSSR count). The van der Waals surface area contributed by atoms with Crippen LogP contribution in [0.15, 0.2) is 4.99 Å². The molecule has 0 radical (unpaired) electrons. The molecular formula is C4H10N2S. The van der Waals surface area contributed by atoms with Crippen LogP contribution in [0.2, 0.25) is 0 Å². The van der Waals surface area contributed by atoms with Crippen molar-refractivity contribution in [3.8, 4) is 0 Å². The Hall–Kier alpha value is -0.0200. The van der Waals surface area contributed by atoms with Crippen molar-refractivity contribution in [3.05, 3.63) is 0 Å². The minimum Gasteiger partial charge on any atom is -0.325 e. The zero-order valence-corrected chi connectivity index (χ0v) is 5.46. The highest BCUT2D eigenvalue weighted by Gasteiger charge is 1.85. The highest BCUT2D eigenvalue weighted by atomic mass is 32.2. The Balaban J connectivity index is 3.38. The molecule has 7 heavy (non-hydrogen) atoms. The lowest BCUT2D eigenvalue weighted by atomic mass is 10.7. The van der Waals surface area contributed by atoms with E-state index in [0.717, 1.165) is 5.04 Å². The van der Waals surface area contributed by atoms with Crippen LogP contribution in [0.4, 0.5) is 0 Å². The molecule has 0 unspecified atom stereocenters. The summed E-state index contributed by atoms with van der Waals surface area (Å²) in [7, 11) is 1.75. The molecule has 3 heteroatoms. The van der Waals surface area contributed by atoms with Gasteiger partial charge in [0, 0.05) is 13.6 Å². The van der Waals surface area contributed by atoms with Gasteiger partial charge in [-0.2, -0.15) is 0 Å². The summed E-state index contributed by atoms with van der Waals surface area (Å²) in [5, 5.41) is 1.00. The van der Waals surface area contributed by atoms with Crippen LogP contribution in [0.1, 0.15) is 0 Å². The van der Waals surface area contributed by atoms with E-state index >= 15 is 0 Å². The first-order chi connectivity index (χ1) is 3.35. The van der Waals surface area contributed by atoms with E-state index in [0.29, 0.717) is 6.54 Å². The van der Waals surface area contributed by atoms with Gasteiger partial charge in [-0.1, -0.05) is 0 Å². The minimum absolute atomic E-state index is 0.567. The maximum atomic E-state index is 5.24. The normalized spacial score (nSPS) is 12.1. The number of aliphatic imine (C=N–C) groups is 1. The third-order valence-corrected chi connectivity index (χ3v) is 1.48. The highest BCUT2D eigenvalue weighted by molar-refractivity contribution is 8.13. The lowest BCUT2D eigenvalue weighted by molar-refractivity contribution is 1.30. The molecule has 0 amide bonds. The van der Waals surface area contributed by atoms with Gasteiger partial charge in [-0.3, -0.25) is 4.99 Å². The van der Waals surface area contributed by atoms with Gasteiger partial charge in [0.15, 0.2) is 0 Å². The van der Waals surface area contributed by atoms with Gasteiger partial charge >= 0.3 is 0 Å². The van der Waals surface area contributed by atoms with Crippen molar-refractivity contribution in [2.75, 3.05) is 19.8 Å². The number of rotatable bonds is 1. The average molecular weight is 118 g/mol. The van der Waals surface area contributed by atoms with Gasteiger partial charge in [0.05, 0.1) is 5.04 Å². The first kappa shape index (κ1) is 6.98. The molecule has 0 aliphatic rings. The fourth-order valence-electron chi connectivity index (χ4n) is 0.266. The predicted octanol–water partition coefficient (Wildman–Crippen LogP) is 0.336. The Morgan fingerprint density at radius 1 is 1.86 bits per heavy atom. The van der Waals surface area contributed by atoms with Crippen molar-refractivity contribution < 1.29 is 0 Å². The van der Waals surface area contributed by atoms with E-state index in [9.17, 15) is 0 Å². The van der Waals surface area contributed by atoms with E-state index in [4.69, 9.17) is 5.73 Å². The standard InChI is InChI=1S/C4H10N2S/c1-6-4(3-5)7-2/h3,5H2,1-2H3. The molecule has 0 aromatic rings. The zero-order chi connectivity index (χ0) is 5.70. The molecule has 0 fully saturated rings. The second kappa shape index (κ2) is 4.15. The van der Waals surface area contributed by atoms with Gasteiger partial charge in [0.2, 0.25) is 0 Å². The second-order valence-electron chi connectivity index (χ2n) is 1.03. The highest BCUT2D eigenvalue weighted by Crippen LogP contribution is 1.92. The van der Waals surface area contributed by atoms with E-state index in [1.54, 1.807) is 18.8 Å². The van der Waals surface area contributed by atoms with E-state index in [-0.39, 0.29) is 0 Å². The molecule has 0 heterocycles. The summed E-state index contributed by atoms with van der Waals surface area (Å²) in [5.41, 5.74) is 5.24. The van der Waals surface area contributed by atoms with E-state index in [2.05, 4.69) is 4.99 Å². The van der Waals surface area contributed by atoms with Crippen molar-refractivity contribution in [3.63, 3.8) is 0 Å². The third kappa shape index (κ3) is 2.65. The SMILES string of the molecule is CN=C(CN)SC. The van der Waals surface area contributed by atoms with Crippen molar-refractivity contribution in [2.45, 2.75) is 0 Å². The number of hydrogen-bond donors (Lipinski definition) is 1. The average Bonchev–Trinajstić information content (AvgIpc) is 1.72. The predicted molar refractivity (Wildman–Crippen MR) is 35.9 cm³/mol. The molecule has 2 nitrogen and oxygen atoms in total. The lowest BCUT2D eigenvalue weighted by Gasteiger charge is -1.91. The van der Waals surface area contributed by atoms with Crippen LogP contribution < -0.4 is 5.73 Å². The van der Waals surface area contributed by atoms with Crippen molar-refractivity contribution in [2.24, 2.45) is 10.7 Å². The fraction of sp³-hybridized carbons (Fsp3) is 0.750. The number of nitrogens with zero attached hydrogens (tertiary/aromatic N) is 1. The molecule has 0 saturated carbocycles. The van der Waals surface area contributed by atoms with Gasteiger partial charge in [-0.15, -0.1) is 11.8 Å². The summed E-state index contributed by atoms with van der Waals surface area (Å²) in [6.45, 7) is 0.567. The molecule has 0 spiro atoms. The quantitative estimate of drug-likeness (QED) is 0.398. The van der Waals surface area contributed by atoms with Gasteiger partial charge in [0.25, 0.3) is 0 Å². The smallest absolute Gasteiger partial charge is 0.0806 e. The molecule has 0 atom stereocenters. The first-order valence-corrected chi connectivity index (χ1v) is 3.27. The summed E-state index contributed by atoms with van der Waals surface area (Å²) >= 11 is 1.59. The third-order valence-electron chi connectivity index (χ3n) is 0.660. The summed E-state index contributed by atoms with van der Waals surface area (Å²) in [5.74, 6) is 0. The molecule has 0 aliphatic carbocycles. The van der Waals surface area contributed by atoms with Crippen LogP contribution in [0.5, 0.6) is 0 Å². The topological polar surface area (TPSA) is 38.4 Å². The Morgan fingerprint density at radius 2 is 2.43 bits per heavy atom. The molecule has 42 valence electrons. The van der Waals surface area contributed by atoms with Gasteiger partial charge in [-0.05, 0) is 6.26 Å². The molecule has 2 N–H and O–H groups in total. The molecular weight excluding hydrogens is 108 g/mol.